The van der Waals surface area contributed by atoms with Crippen molar-refractivity contribution < 1.29 is 26.4 Å². The van der Waals surface area contributed by atoms with Crippen LogP contribution in [-0.4, -0.2) is 45.4 Å². The first kappa shape index (κ1) is 22.7. The van der Waals surface area contributed by atoms with Crippen molar-refractivity contribution in [2.24, 2.45) is 0 Å². The minimum atomic E-state index is -4.19. The van der Waals surface area contributed by atoms with Crippen LogP contribution in [0.15, 0.2) is 71.6 Å². The zero-order valence-corrected chi connectivity index (χ0v) is 18.2. The van der Waals surface area contributed by atoms with Gasteiger partial charge >= 0.3 is 0 Å². The summed E-state index contributed by atoms with van der Waals surface area (Å²) in [6.45, 7) is 1.65. The number of carbonyl (C=O) groups excluding carboxylic acids is 1. The molecule has 0 bridgehead atoms. The normalized spacial score (nSPS) is 14.3. The van der Waals surface area contributed by atoms with Gasteiger partial charge in [-0.1, -0.05) is 18.2 Å². The van der Waals surface area contributed by atoms with Crippen LogP contribution in [0.25, 0.3) is 0 Å². The van der Waals surface area contributed by atoms with Crippen molar-refractivity contribution in [3.8, 4) is 0 Å². The van der Waals surface area contributed by atoms with Crippen LogP contribution in [0, 0.1) is 17.5 Å². The van der Waals surface area contributed by atoms with E-state index in [1.54, 1.807) is 29.2 Å². The molecule has 0 spiro atoms. The van der Waals surface area contributed by atoms with Gasteiger partial charge in [-0.05, 0) is 48.5 Å². The molecule has 1 heterocycles. The summed E-state index contributed by atoms with van der Waals surface area (Å²) in [4.78, 5) is 16.0. The summed E-state index contributed by atoms with van der Waals surface area (Å²) in [6, 6.07) is 14.6. The number of anilines is 2. The van der Waals surface area contributed by atoms with Gasteiger partial charge in [0, 0.05) is 37.4 Å². The largest absolute Gasteiger partial charge is 0.366 e. The molecule has 1 aliphatic rings. The summed E-state index contributed by atoms with van der Waals surface area (Å²) in [5.41, 5.74) is 0.855. The molecule has 0 atom stereocenters. The van der Waals surface area contributed by atoms with Crippen LogP contribution in [-0.2, 0) is 10.0 Å². The predicted molar refractivity (Wildman–Crippen MR) is 118 cm³/mol. The monoisotopic (exact) mass is 475 g/mol. The zero-order valence-electron chi connectivity index (χ0n) is 17.3. The number of benzene rings is 3. The fourth-order valence-electron chi connectivity index (χ4n) is 3.62. The van der Waals surface area contributed by atoms with E-state index in [2.05, 4.69) is 4.72 Å². The van der Waals surface area contributed by atoms with Crippen molar-refractivity contribution in [3.63, 3.8) is 0 Å². The van der Waals surface area contributed by atoms with Gasteiger partial charge in [-0.3, -0.25) is 9.52 Å². The Labute approximate surface area is 189 Å². The van der Waals surface area contributed by atoms with E-state index in [1.165, 1.54) is 24.3 Å². The average molecular weight is 475 g/mol. The van der Waals surface area contributed by atoms with Crippen LogP contribution >= 0.6 is 0 Å². The number of hydrogen-bond acceptors (Lipinski definition) is 4. The van der Waals surface area contributed by atoms with Crippen molar-refractivity contribution in [3.05, 3.63) is 89.7 Å². The van der Waals surface area contributed by atoms with Crippen LogP contribution < -0.4 is 9.62 Å². The molecule has 33 heavy (non-hydrogen) atoms. The number of amides is 1. The summed E-state index contributed by atoms with van der Waals surface area (Å²) in [6.07, 6.45) is 0. The highest BCUT2D eigenvalue weighted by Crippen LogP contribution is 2.22. The number of para-hydroxylation sites is 1. The Morgan fingerprint density at radius 1 is 0.788 bits per heavy atom. The molecule has 0 aromatic heterocycles. The molecule has 1 amide bonds. The van der Waals surface area contributed by atoms with Gasteiger partial charge in [0.15, 0.2) is 11.6 Å². The van der Waals surface area contributed by atoms with Crippen molar-refractivity contribution in [2.75, 3.05) is 35.8 Å². The molecule has 10 heteroatoms. The first-order chi connectivity index (χ1) is 15.7. The van der Waals surface area contributed by atoms with Gasteiger partial charge in [0.1, 0.15) is 5.82 Å². The molecule has 1 fully saturated rings. The van der Waals surface area contributed by atoms with Gasteiger partial charge in [-0.15, -0.1) is 0 Å². The Morgan fingerprint density at radius 3 is 2.21 bits per heavy atom. The van der Waals surface area contributed by atoms with Gasteiger partial charge in [0.25, 0.3) is 15.9 Å². The molecule has 3 aromatic rings. The topological polar surface area (TPSA) is 69.7 Å². The minimum absolute atomic E-state index is 0.107. The number of sulfonamides is 1. The van der Waals surface area contributed by atoms with Crippen LogP contribution in [0.4, 0.5) is 24.5 Å². The predicted octanol–water partition coefficient (Wildman–Crippen LogP) is 3.87. The van der Waals surface area contributed by atoms with Crippen molar-refractivity contribution in [1.29, 1.82) is 0 Å². The number of rotatable bonds is 5. The summed E-state index contributed by atoms with van der Waals surface area (Å²) in [7, 11) is -4.19. The lowest BCUT2D eigenvalue weighted by atomic mass is 10.1. The van der Waals surface area contributed by atoms with E-state index in [9.17, 15) is 26.4 Å². The molecule has 0 radical (unpaired) electrons. The van der Waals surface area contributed by atoms with Crippen LogP contribution in [0.1, 0.15) is 10.4 Å². The third kappa shape index (κ3) is 4.95. The summed E-state index contributed by atoms with van der Waals surface area (Å²) in [5, 5.41) is 0. The highest BCUT2D eigenvalue weighted by molar-refractivity contribution is 7.92. The Bertz CT molecular complexity index is 1290. The lowest BCUT2D eigenvalue weighted by Crippen LogP contribution is -2.49. The molecule has 172 valence electrons. The number of nitrogens with zero attached hydrogens (tertiary/aromatic N) is 2. The quantitative estimate of drug-likeness (QED) is 0.609. The first-order valence-corrected chi connectivity index (χ1v) is 11.6. The van der Waals surface area contributed by atoms with Gasteiger partial charge in [0.05, 0.1) is 10.6 Å². The fraction of sp³-hybridized carbons (Fsp3) is 0.174. The summed E-state index contributed by atoms with van der Waals surface area (Å²) in [5.74, 6) is -3.05. The van der Waals surface area contributed by atoms with Crippen molar-refractivity contribution in [1.82, 2.24) is 4.90 Å². The number of nitrogens with one attached hydrogen (secondary N) is 1. The maximum absolute atomic E-state index is 14.0. The summed E-state index contributed by atoms with van der Waals surface area (Å²) < 4.78 is 67.9. The van der Waals surface area contributed by atoms with E-state index >= 15 is 0 Å². The zero-order chi connectivity index (χ0) is 23.6. The van der Waals surface area contributed by atoms with Crippen LogP contribution in [0.5, 0.6) is 0 Å². The van der Waals surface area contributed by atoms with Gasteiger partial charge in [0.2, 0.25) is 0 Å². The summed E-state index contributed by atoms with van der Waals surface area (Å²) >= 11 is 0. The second-order valence-corrected chi connectivity index (χ2v) is 9.18. The first-order valence-electron chi connectivity index (χ1n) is 10.1. The molecule has 4 rings (SSSR count). The Hall–Kier alpha value is -3.53. The highest BCUT2D eigenvalue weighted by Gasteiger charge is 2.24. The van der Waals surface area contributed by atoms with E-state index in [-0.39, 0.29) is 23.0 Å². The van der Waals surface area contributed by atoms with E-state index in [0.29, 0.717) is 37.9 Å². The number of hydrogen-bond donors (Lipinski definition) is 1. The molecule has 0 aliphatic carbocycles. The molecule has 6 nitrogen and oxygen atoms in total. The SMILES string of the molecule is O=C(c1cccc(NS(=O)(=O)c2ccc(F)c(F)c2)c1)N1CCN(c2ccccc2F)CC1. The van der Waals surface area contributed by atoms with Crippen LogP contribution in [0.3, 0.4) is 0 Å². The lowest BCUT2D eigenvalue weighted by Gasteiger charge is -2.36. The fourth-order valence-corrected chi connectivity index (χ4v) is 4.68. The maximum atomic E-state index is 14.0. The van der Waals surface area contributed by atoms with E-state index in [4.69, 9.17) is 0 Å². The smallest absolute Gasteiger partial charge is 0.261 e. The van der Waals surface area contributed by atoms with Gasteiger partial charge < -0.3 is 9.80 Å². The van der Waals surface area contributed by atoms with Crippen LogP contribution in [0.2, 0.25) is 0 Å². The molecule has 0 saturated carbocycles. The molecule has 0 unspecified atom stereocenters. The molecule has 1 N–H and O–H groups in total. The molecular weight excluding hydrogens is 455 g/mol. The van der Waals surface area contributed by atoms with Crippen molar-refractivity contribution in [2.45, 2.75) is 4.90 Å². The molecular formula is C23H20F3N3O3S. The molecule has 1 saturated heterocycles. The number of piperazine rings is 1. The molecule has 1 aliphatic heterocycles. The Balaban J connectivity index is 1.45. The third-order valence-electron chi connectivity index (χ3n) is 5.32. The Morgan fingerprint density at radius 2 is 1.52 bits per heavy atom. The van der Waals surface area contributed by atoms with E-state index in [1.807, 2.05) is 4.90 Å². The number of carbonyl (C=O) groups is 1. The highest BCUT2D eigenvalue weighted by atomic mass is 32.2. The Kier molecular flexibility index (Phi) is 6.28. The number of halogens is 3. The van der Waals surface area contributed by atoms with Gasteiger partial charge in [-0.2, -0.15) is 0 Å². The minimum Gasteiger partial charge on any atom is -0.366 e. The standard InChI is InChI=1S/C23H20F3N3O3S/c24-19-9-8-18(15-21(19)26)33(31,32)27-17-5-3-4-16(14-17)23(30)29-12-10-28(11-13-29)22-7-2-1-6-20(22)25/h1-9,14-15,27H,10-13H2. The van der Waals surface area contributed by atoms with E-state index in [0.717, 1.165) is 12.1 Å². The maximum Gasteiger partial charge on any atom is 0.261 e. The van der Waals surface area contributed by atoms with Crippen molar-refractivity contribution >= 4 is 27.3 Å². The van der Waals surface area contributed by atoms with E-state index < -0.39 is 26.6 Å². The second-order valence-electron chi connectivity index (χ2n) is 7.49. The third-order valence-corrected chi connectivity index (χ3v) is 6.70. The lowest BCUT2D eigenvalue weighted by molar-refractivity contribution is 0.0746. The molecule has 3 aromatic carbocycles. The van der Waals surface area contributed by atoms with Gasteiger partial charge in [-0.25, -0.2) is 21.6 Å². The average Bonchev–Trinajstić information content (AvgIpc) is 2.80. The second kappa shape index (κ2) is 9.14.